The number of fused-ring (bicyclic) bond motifs is 2. The van der Waals surface area contributed by atoms with Crippen LogP contribution in [0.4, 0.5) is 0 Å². The van der Waals surface area contributed by atoms with Crippen molar-refractivity contribution in [3.8, 4) is 0 Å². The second-order valence-corrected chi connectivity index (χ2v) is 3.37. The fourth-order valence-electron chi connectivity index (χ4n) is 1.31. The molecule has 2 heterocycles. The van der Waals surface area contributed by atoms with Crippen molar-refractivity contribution in [2.45, 2.75) is 0 Å². The van der Waals surface area contributed by atoms with E-state index in [0.29, 0.717) is 16.1 Å². The average Bonchev–Trinajstić information content (AvgIpc) is 2.57. The number of rotatable bonds is 0. The van der Waals surface area contributed by atoms with Gasteiger partial charge in [-0.2, -0.15) is 0 Å². The Hall–Kier alpha value is -1.95. The molecule has 15 heavy (non-hydrogen) atoms. The minimum absolute atomic E-state index is 0.0600. The molecule has 0 bridgehead atoms. The Morgan fingerprint density at radius 2 is 2.13 bits per heavy atom. The van der Waals surface area contributed by atoms with Gasteiger partial charge in [-0.05, 0) is 23.4 Å². The Labute approximate surface area is 87.6 Å². The monoisotopic (exact) mass is 222 g/mol. The van der Waals surface area contributed by atoms with E-state index in [9.17, 15) is 5.21 Å². The Balaban J connectivity index is 2.49. The highest BCUT2D eigenvalue weighted by Gasteiger charge is 2.14. The third-order valence-electron chi connectivity index (χ3n) is 1.96. The van der Waals surface area contributed by atoms with E-state index in [4.69, 9.17) is 11.6 Å². The first-order chi connectivity index (χ1) is 7.24. The summed E-state index contributed by atoms with van der Waals surface area (Å²) in [7, 11) is 0. The lowest BCUT2D eigenvalue weighted by molar-refractivity contribution is -0.783. The molecule has 0 atom stereocenters. The van der Waals surface area contributed by atoms with E-state index in [1.54, 1.807) is 18.2 Å². The van der Waals surface area contributed by atoms with Crippen LogP contribution < -0.4 is 4.90 Å². The molecule has 0 aliphatic carbocycles. The van der Waals surface area contributed by atoms with E-state index in [-0.39, 0.29) is 16.2 Å². The zero-order valence-corrected chi connectivity index (χ0v) is 7.97. The number of nitrogens with zero attached hydrogens (tertiary/aromatic N) is 4. The molecule has 0 saturated carbocycles. The van der Waals surface area contributed by atoms with Gasteiger partial charge in [-0.15, -0.1) is 0 Å². The van der Waals surface area contributed by atoms with Crippen molar-refractivity contribution in [1.82, 2.24) is 15.1 Å². The standard InChI is InChI=1S/C8H3ClN4O2/c9-4-1-2-5-6(3-4)10-7-8(11-5)13(14)15-12-7/h1-3H. The summed E-state index contributed by atoms with van der Waals surface area (Å²) < 4.78 is 4.37. The molecule has 0 amide bonds. The average molecular weight is 223 g/mol. The van der Waals surface area contributed by atoms with Crippen LogP contribution in [0.15, 0.2) is 22.8 Å². The van der Waals surface area contributed by atoms with Crippen LogP contribution in [-0.4, -0.2) is 15.1 Å². The summed E-state index contributed by atoms with van der Waals surface area (Å²) in [6.45, 7) is 0. The molecule has 0 N–H and O–H groups in total. The van der Waals surface area contributed by atoms with Crippen molar-refractivity contribution in [2.24, 2.45) is 0 Å². The van der Waals surface area contributed by atoms with E-state index in [1.807, 2.05) is 0 Å². The van der Waals surface area contributed by atoms with Gasteiger partial charge < -0.3 is 9.84 Å². The first-order valence-electron chi connectivity index (χ1n) is 4.07. The first kappa shape index (κ1) is 8.37. The van der Waals surface area contributed by atoms with E-state index < -0.39 is 0 Å². The number of hydrogen-bond acceptors (Lipinski definition) is 5. The van der Waals surface area contributed by atoms with Gasteiger partial charge in [0.2, 0.25) is 0 Å². The van der Waals surface area contributed by atoms with Crippen LogP contribution >= 0.6 is 11.6 Å². The van der Waals surface area contributed by atoms with Crippen molar-refractivity contribution in [1.29, 1.82) is 0 Å². The SMILES string of the molecule is [O-][n+]1onc2nc3cc(Cl)ccc3nc21. The lowest BCUT2D eigenvalue weighted by atomic mass is 10.3. The molecule has 0 fully saturated rings. The molecule has 7 heteroatoms. The Kier molecular flexibility index (Phi) is 1.54. The second-order valence-electron chi connectivity index (χ2n) is 2.93. The van der Waals surface area contributed by atoms with E-state index >= 15 is 0 Å². The van der Waals surface area contributed by atoms with Gasteiger partial charge in [0.15, 0.2) is 5.52 Å². The normalized spacial score (nSPS) is 11.3. The smallest absolute Gasteiger partial charge is 0.362 e. The predicted octanol–water partition coefficient (Wildman–Crippen LogP) is 1.06. The maximum Gasteiger partial charge on any atom is 0.362 e. The fourth-order valence-corrected chi connectivity index (χ4v) is 1.47. The van der Waals surface area contributed by atoms with Crippen molar-refractivity contribution in [2.75, 3.05) is 0 Å². The summed E-state index contributed by atoms with van der Waals surface area (Å²) in [5, 5.41) is 15.1. The number of halogens is 1. The van der Waals surface area contributed by atoms with Crippen LogP contribution in [0.2, 0.25) is 5.02 Å². The molecule has 1 aromatic carbocycles. The third-order valence-corrected chi connectivity index (χ3v) is 2.20. The first-order valence-corrected chi connectivity index (χ1v) is 4.44. The zero-order chi connectivity index (χ0) is 10.4. The summed E-state index contributed by atoms with van der Waals surface area (Å²) in [4.78, 5) is 8.36. The van der Waals surface area contributed by atoms with Gasteiger partial charge in [-0.1, -0.05) is 21.5 Å². The maximum atomic E-state index is 11.0. The van der Waals surface area contributed by atoms with Crippen molar-refractivity contribution >= 4 is 33.9 Å². The number of aromatic nitrogens is 4. The topological polar surface area (TPSA) is 78.8 Å². The fraction of sp³-hybridized carbons (Fsp3) is 0. The van der Waals surface area contributed by atoms with Crippen molar-refractivity contribution in [3.05, 3.63) is 28.4 Å². The summed E-state index contributed by atoms with van der Waals surface area (Å²) >= 11 is 5.80. The van der Waals surface area contributed by atoms with Crippen molar-refractivity contribution in [3.63, 3.8) is 0 Å². The molecule has 3 rings (SSSR count). The zero-order valence-electron chi connectivity index (χ0n) is 7.22. The molecular formula is C8H3ClN4O2. The molecule has 0 aliphatic rings. The van der Waals surface area contributed by atoms with Gasteiger partial charge in [-0.3, -0.25) is 0 Å². The highest BCUT2D eigenvalue weighted by molar-refractivity contribution is 6.31. The number of benzene rings is 1. The van der Waals surface area contributed by atoms with Gasteiger partial charge in [0.05, 0.1) is 0 Å². The van der Waals surface area contributed by atoms with Crippen molar-refractivity contribution < 1.29 is 9.53 Å². The largest absolute Gasteiger partial charge is 0.391 e. The van der Waals surface area contributed by atoms with E-state index in [0.717, 1.165) is 0 Å². The van der Waals surface area contributed by atoms with Crippen LogP contribution in [0.5, 0.6) is 0 Å². The lowest BCUT2D eigenvalue weighted by Gasteiger charge is -1.92. The molecule has 0 spiro atoms. The van der Waals surface area contributed by atoms with Gasteiger partial charge in [0, 0.05) is 5.02 Å². The molecule has 0 unspecified atom stereocenters. The van der Waals surface area contributed by atoms with Gasteiger partial charge in [0.1, 0.15) is 5.52 Å². The van der Waals surface area contributed by atoms with Crippen LogP contribution in [0.25, 0.3) is 22.3 Å². The van der Waals surface area contributed by atoms with Crippen LogP contribution in [0.3, 0.4) is 0 Å². The summed E-state index contributed by atoms with van der Waals surface area (Å²) in [6, 6.07) is 5.00. The molecule has 0 radical (unpaired) electrons. The Morgan fingerprint density at radius 3 is 3.00 bits per heavy atom. The van der Waals surface area contributed by atoms with Gasteiger partial charge in [-0.25, -0.2) is 4.98 Å². The molecule has 3 aromatic rings. The molecular weight excluding hydrogens is 220 g/mol. The summed E-state index contributed by atoms with van der Waals surface area (Å²) in [6.07, 6.45) is 0. The highest BCUT2D eigenvalue weighted by atomic mass is 35.5. The molecule has 74 valence electrons. The minimum Gasteiger partial charge on any atom is -0.391 e. The highest BCUT2D eigenvalue weighted by Crippen LogP contribution is 2.17. The lowest BCUT2D eigenvalue weighted by Crippen LogP contribution is -2.23. The Morgan fingerprint density at radius 1 is 1.27 bits per heavy atom. The number of hydrogen-bond donors (Lipinski definition) is 0. The van der Waals surface area contributed by atoms with Crippen LogP contribution in [0, 0.1) is 5.21 Å². The van der Waals surface area contributed by atoms with Gasteiger partial charge in [0.25, 0.3) is 0 Å². The molecule has 0 saturated heterocycles. The van der Waals surface area contributed by atoms with E-state index in [2.05, 4.69) is 19.8 Å². The maximum absolute atomic E-state index is 11.0. The van der Waals surface area contributed by atoms with E-state index in [1.165, 1.54) is 0 Å². The minimum atomic E-state index is 0.0600. The second kappa shape index (κ2) is 2.77. The molecule has 6 nitrogen and oxygen atoms in total. The third kappa shape index (κ3) is 1.18. The van der Waals surface area contributed by atoms with Crippen LogP contribution in [0.1, 0.15) is 0 Å². The molecule has 2 aromatic heterocycles. The quantitative estimate of drug-likeness (QED) is 0.532. The Bertz CT molecular complexity index is 666. The summed E-state index contributed by atoms with van der Waals surface area (Å²) in [5.74, 6) is 0. The van der Waals surface area contributed by atoms with Crippen LogP contribution in [-0.2, 0) is 0 Å². The predicted molar refractivity (Wildman–Crippen MR) is 51.1 cm³/mol. The molecule has 0 aliphatic heterocycles. The van der Waals surface area contributed by atoms with Gasteiger partial charge >= 0.3 is 11.3 Å². The summed E-state index contributed by atoms with van der Waals surface area (Å²) in [5.41, 5.74) is 1.37.